The highest BCUT2D eigenvalue weighted by Gasteiger charge is 2.44. The van der Waals surface area contributed by atoms with Gasteiger partial charge in [0.1, 0.15) is 0 Å². The number of nitrogens with one attached hydrogen (secondary N) is 1. The van der Waals surface area contributed by atoms with Crippen molar-refractivity contribution in [3.63, 3.8) is 0 Å². The summed E-state index contributed by atoms with van der Waals surface area (Å²) in [6.45, 7) is 0.702. The first-order valence-corrected chi connectivity index (χ1v) is 8.14. The van der Waals surface area contributed by atoms with Gasteiger partial charge < -0.3 is 10.1 Å². The van der Waals surface area contributed by atoms with Crippen molar-refractivity contribution in [2.75, 3.05) is 19.0 Å². The van der Waals surface area contributed by atoms with E-state index in [9.17, 15) is 4.79 Å². The Hall–Kier alpha value is -1.51. The topological polar surface area (TPSA) is 38.3 Å². The molecule has 0 saturated heterocycles. The van der Waals surface area contributed by atoms with E-state index in [0.717, 1.165) is 12.8 Å². The van der Waals surface area contributed by atoms with Crippen LogP contribution >= 0.6 is 0 Å². The van der Waals surface area contributed by atoms with Crippen LogP contribution in [0.5, 0.6) is 0 Å². The molecule has 3 nitrogen and oxygen atoms in total. The number of esters is 1. The summed E-state index contributed by atoms with van der Waals surface area (Å²) in [5.41, 5.74) is 2.02. The van der Waals surface area contributed by atoms with Crippen LogP contribution in [0.15, 0.2) is 24.3 Å². The molecular formula is C18H25NO2. The highest BCUT2D eigenvalue weighted by molar-refractivity contribution is 5.79. The summed E-state index contributed by atoms with van der Waals surface area (Å²) in [6.07, 6.45) is 8.27. The number of rotatable bonds is 3. The number of ether oxygens (including phenoxy) is 1. The van der Waals surface area contributed by atoms with Crippen molar-refractivity contribution < 1.29 is 9.53 Å². The Balaban J connectivity index is 1.83. The first kappa shape index (κ1) is 14.4. The smallest absolute Gasteiger partial charge is 0.313 e. The molecule has 0 unspecified atom stereocenters. The van der Waals surface area contributed by atoms with Crippen molar-refractivity contribution in [1.82, 2.24) is 0 Å². The van der Waals surface area contributed by atoms with Crippen LogP contribution in [-0.2, 0) is 16.0 Å². The third kappa shape index (κ3) is 2.92. The van der Waals surface area contributed by atoms with Gasteiger partial charge in [-0.2, -0.15) is 0 Å². The monoisotopic (exact) mass is 287 g/mol. The van der Waals surface area contributed by atoms with Gasteiger partial charge in [0.25, 0.3) is 0 Å². The van der Waals surface area contributed by atoms with Crippen molar-refractivity contribution in [1.29, 1.82) is 0 Å². The maximum atomic E-state index is 12.5. The highest BCUT2D eigenvalue weighted by atomic mass is 16.5. The maximum absolute atomic E-state index is 12.5. The number of carbonyl (C=O) groups excluding carboxylic acids is 1. The summed E-state index contributed by atoms with van der Waals surface area (Å²) < 4.78 is 5.17. The van der Waals surface area contributed by atoms with E-state index in [4.69, 9.17) is 4.74 Å². The van der Waals surface area contributed by atoms with Crippen LogP contribution in [0.1, 0.15) is 44.1 Å². The van der Waals surface area contributed by atoms with Gasteiger partial charge in [-0.3, -0.25) is 4.79 Å². The van der Waals surface area contributed by atoms with E-state index < -0.39 is 0 Å². The largest absolute Gasteiger partial charge is 0.469 e. The van der Waals surface area contributed by atoms with Crippen LogP contribution in [0.25, 0.3) is 0 Å². The molecule has 1 aliphatic heterocycles. The van der Waals surface area contributed by atoms with E-state index in [-0.39, 0.29) is 11.4 Å². The lowest BCUT2D eigenvalue weighted by atomic mass is 9.69. The molecule has 0 radical (unpaired) electrons. The second-order valence-corrected chi connectivity index (χ2v) is 6.67. The Kier molecular flexibility index (Phi) is 4.18. The predicted molar refractivity (Wildman–Crippen MR) is 84.3 cm³/mol. The van der Waals surface area contributed by atoms with Gasteiger partial charge in [-0.25, -0.2) is 0 Å². The molecule has 1 fully saturated rings. The molecule has 1 aromatic rings. The standard InChI is InChI=1S/C18H25NO2/c1-21-17(20)18(11-14-7-3-2-4-8-14)12-15-9-5-6-10-16(15)19-13-18/h5-6,9-10,14,19H,2-4,7-8,11-13H2,1H3/t18-/m1/s1. The van der Waals surface area contributed by atoms with Crippen LogP contribution in [0, 0.1) is 11.3 Å². The zero-order valence-corrected chi connectivity index (χ0v) is 12.9. The molecule has 3 heteroatoms. The van der Waals surface area contributed by atoms with Gasteiger partial charge in [0, 0.05) is 12.2 Å². The number of anilines is 1. The Bertz CT molecular complexity index is 508. The molecule has 114 valence electrons. The summed E-state index contributed by atoms with van der Waals surface area (Å²) in [6, 6.07) is 8.31. The molecule has 2 aliphatic rings. The van der Waals surface area contributed by atoms with Crippen LogP contribution in [0.4, 0.5) is 5.69 Å². The average molecular weight is 287 g/mol. The quantitative estimate of drug-likeness (QED) is 0.860. The Morgan fingerprint density at radius 2 is 2.05 bits per heavy atom. The van der Waals surface area contributed by atoms with Crippen LogP contribution in [-0.4, -0.2) is 19.6 Å². The molecule has 1 aromatic carbocycles. The van der Waals surface area contributed by atoms with Crippen molar-refractivity contribution in [2.24, 2.45) is 11.3 Å². The number of hydrogen-bond donors (Lipinski definition) is 1. The molecule has 1 atom stereocenters. The highest BCUT2D eigenvalue weighted by Crippen LogP contribution is 2.41. The SMILES string of the molecule is COC(=O)[C@@]1(CC2CCCCC2)CNc2ccccc2C1. The molecule has 21 heavy (non-hydrogen) atoms. The summed E-state index contributed by atoms with van der Waals surface area (Å²) in [7, 11) is 1.52. The van der Waals surface area contributed by atoms with Gasteiger partial charge in [-0.15, -0.1) is 0 Å². The minimum absolute atomic E-state index is 0.0462. The molecule has 1 heterocycles. The van der Waals surface area contributed by atoms with Gasteiger partial charge in [0.05, 0.1) is 12.5 Å². The van der Waals surface area contributed by atoms with E-state index in [1.807, 2.05) is 6.07 Å². The Labute approximate surface area is 127 Å². The molecule has 3 rings (SSSR count). The van der Waals surface area contributed by atoms with Crippen molar-refractivity contribution in [3.05, 3.63) is 29.8 Å². The number of fused-ring (bicyclic) bond motifs is 1. The molecular weight excluding hydrogens is 262 g/mol. The normalized spacial score (nSPS) is 25.8. The average Bonchev–Trinajstić information content (AvgIpc) is 2.55. The summed E-state index contributed by atoms with van der Waals surface area (Å²) in [5.74, 6) is 0.625. The molecule has 0 amide bonds. The van der Waals surface area contributed by atoms with E-state index >= 15 is 0 Å². The van der Waals surface area contributed by atoms with Gasteiger partial charge >= 0.3 is 5.97 Å². The fourth-order valence-corrected chi connectivity index (χ4v) is 4.07. The second kappa shape index (κ2) is 6.08. The molecule has 0 aromatic heterocycles. The Morgan fingerprint density at radius 1 is 1.29 bits per heavy atom. The molecule has 1 aliphatic carbocycles. The minimum atomic E-state index is -0.384. The first-order valence-electron chi connectivity index (χ1n) is 8.14. The number of methoxy groups -OCH3 is 1. The summed E-state index contributed by atoms with van der Waals surface area (Å²) in [5, 5.41) is 3.46. The van der Waals surface area contributed by atoms with Gasteiger partial charge in [0.2, 0.25) is 0 Å². The minimum Gasteiger partial charge on any atom is -0.469 e. The van der Waals surface area contributed by atoms with Gasteiger partial charge in [-0.05, 0) is 30.4 Å². The number of benzene rings is 1. The van der Waals surface area contributed by atoms with Crippen LogP contribution in [0.2, 0.25) is 0 Å². The van der Waals surface area contributed by atoms with E-state index in [1.165, 1.54) is 50.5 Å². The second-order valence-electron chi connectivity index (χ2n) is 6.67. The molecule has 0 bridgehead atoms. The third-order valence-corrected chi connectivity index (χ3v) is 5.19. The molecule has 0 spiro atoms. The lowest BCUT2D eigenvalue weighted by Crippen LogP contribution is -2.45. The number of hydrogen-bond acceptors (Lipinski definition) is 3. The zero-order chi connectivity index (χ0) is 14.7. The lowest BCUT2D eigenvalue weighted by molar-refractivity contribution is -0.153. The summed E-state index contributed by atoms with van der Waals surface area (Å²) in [4.78, 5) is 12.5. The first-order chi connectivity index (χ1) is 10.2. The van der Waals surface area contributed by atoms with E-state index in [2.05, 4.69) is 23.5 Å². The van der Waals surface area contributed by atoms with E-state index in [1.54, 1.807) is 0 Å². The lowest BCUT2D eigenvalue weighted by Gasteiger charge is -2.39. The van der Waals surface area contributed by atoms with E-state index in [0.29, 0.717) is 12.5 Å². The van der Waals surface area contributed by atoms with Crippen molar-refractivity contribution in [2.45, 2.75) is 44.9 Å². The Morgan fingerprint density at radius 3 is 2.81 bits per heavy atom. The fraction of sp³-hybridized carbons (Fsp3) is 0.611. The molecule has 1 N–H and O–H groups in total. The van der Waals surface area contributed by atoms with Gasteiger partial charge in [0.15, 0.2) is 0 Å². The predicted octanol–water partition coefficient (Wildman–Crippen LogP) is 3.78. The third-order valence-electron chi connectivity index (χ3n) is 5.19. The molecule has 1 saturated carbocycles. The van der Waals surface area contributed by atoms with Crippen LogP contribution in [0.3, 0.4) is 0 Å². The fourth-order valence-electron chi connectivity index (χ4n) is 4.07. The zero-order valence-electron chi connectivity index (χ0n) is 12.9. The number of carbonyl (C=O) groups is 1. The summed E-state index contributed by atoms with van der Waals surface area (Å²) >= 11 is 0. The van der Waals surface area contributed by atoms with Crippen molar-refractivity contribution in [3.8, 4) is 0 Å². The van der Waals surface area contributed by atoms with Crippen LogP contribution < -0.4 is 5.32 Å². The maximum Gasteiger partial charge on any atom is 0.313 e. The number of para-hydroxylation sites is 1. The van der Waals surface area contributed by atoms with Crippen molar-refractivity contribution >= 4 is 11.7 Å². The van der Waals surface area contributed by atoms with Gasteiger partial charge in [-0.1, -0.05) is 50.3 Å².